The number of rotatable bonds is 21. The van der Waals surface area contributed by atoms with Gasteiger partial charge in [0.05, 0.1) is 11.3 Å². The number of nitrogens with two attached hydrogens (primary N) is 1. The Morgan fingerprint density at radius 2 is 1.14 bits per heavy atom. The van der Waals surface area contributed by atoms with Crippen molar-refractivity contribution in [2.24, 2.45) is 0 Å². The van der Waals surface area contributed by atoms with E-state index in [-0.39, 0.29) is 65.0 Å². The molecule has 0 aliphatic rings. The highest BCUT2D eigenvalue weighted by molar-refractivity contribution is 7.98. The van der Waals surface area contributed by atoms with Gasteiger partial charge in [-0.05, 0) is 138 Å². The minimum Gasteiger partial charge on any atom is -0.490 e. The Labute approximate surface area is 468 Å². The second-order valence-electron chi connectivity index (χ2n) is 21.4. The van der Waals surface area contributed by atoms with E-state index in [0.717, 1.165) is 11.8 Å². The molecule has 0 radical (unpaired) electrons. The van der Waals surface area contributed by atoms with Gasteiger partial charge in [0.1, 0.15) is 88.3 Å². The van der Waals surface area contributed by atoms with E-state index < -0.39 is 90.1 Å². The van der Waals surface area contributed by atoms with Crippen LogP contribution in [0.15, 0.2) is 64.2 Å². The molecule has 0 aliphatic carbocycles. The summed E-state index contributed by atoms with van der Waals surface area (Å²) in [4.78, 5) is 87.7. The van der Waals surface area contributed by atoms with Crippen molar-refractivity contribution in [2.75, 3.05) is 32.0 Å². The van der Waals surface area contributed by atoms with Crippen molar-refractivity contribution in [2.45, 2.75) is 147 Å². The number of nitriles is 2. The highest BCUT2D eigenvalue weighted by Crippen LogP contribution is 2.37. The molecule has 0 fully saturated rings. The third-order valence-electron chi connectivity index (χ3n) is 9.84. The fourth-order valence-electron chi connectivity index (χ4n) is 6.64. The number of nitrogens with one attached hydrogen (secondary N) is 4. The number of nitrogens with zero attached hydrogens (tertiary/aromatic N) is 4. The first kappa shape index (κ1) is 63.6. The zero-order valence-electron chi connectivity index (χ0n) is 46.2. The molecule has 2 heterocycles. The number of halogens is 1. The van der Waals surface area contributed by atoms with Gasteiger partial charge in [-0.3, -0.25) is 0 Å². The number of ether oxygens (including phenoxy) is 7. The Hall–Kier alpha value is -7.96. The topological polar surface area (TPSA) is 328 Å². The van der Waals surface area contributed by atoms with Crippen LogP contribution >= 0.6 is 23.4 Å². The van der Waals surface area contributed by atoms with E-state index in [9.17, 15) is 39.3 Å². The fourth-order valence-corrected chi connectivity index (χ4v) is 7.64. The number of nitrogen functional groups attached to an aromatic ring is 1. The van der Waals surface area contributed by atoms with Crippen molar-refractivity contribution in [1.82, 2.24) is 31.2 Å². The molecular weight excluding hydrogens is 1070 g/mol. The number of anilines is 1. The molecule has 25 heteroatoms. The van der Waals surface area contributed by atoms with Crippen molar-refractivity contribution in [3.8, 4) is 40.5 Å². The lowest BCUT2D eigenvalue weighted by molar-refractivity contribution is -0.163. The molecule has 426 valence electrons. The van der Waals surface area contributed by atoms with E-state index in [1.807, 2.05) is 6.07 Å². The molecule has 1 unspecified atom stereocenters. The van der Waals surface area contributed by atoms with Crippen molar-refractivity contribution in [3.63, 3.8) is 0 Å². The smallest absolute Gasteiger partial charge is 0.408 e. The van der Waals surface area contributed by atoms with Gasteiger partial charge in [0.2, 0.25) is 5.89 Å². The number of thioether (sulfide) groups is 1. The third kappa shape index (κ3) is 22.5. The summed E-state index contributed by atoms with van der Waals surface area (Å²) in [7, 11) is 0. The van der Waals surface area contributed by atoms with E-state index >= 15 is 0 Å². The zero-order valence-corrected chi connectivity index (χ0v) is 47.8. The summed E-state index contributed by atoms with van der Waals surface area (Å²) in [5.41, 5.74) is 4.57. The van der Waals surface area contributed by atoms with Crippen LogP contribution in [0.3, 0.4) is 0 Å². The van der Waals surface area contributed by atoms with Crippen molar-refractivity contribution >= 4 is 65.5 Å². The van der Waals surface area contributed by atoms with E-state index in [1.165, 1.54) is 18.4 Å². The minimum absolute atomic E-state index is 0.0502. The second-order valence-corrected chi connectivity index (χ2v) is 22.8. The second kappa shape index (κ2) is 28.1. The number of benzene rings is 2. The number of hydrogen-bond acceptors (Lipinski definition) is 20. The first-order chi connectivity index (χ1) is 36.8. The zero-order chi connectivity index (χ0) is 58.9. The Bertz CT molecular complexity index is 2860. The van der Waals surface area contributed by atoms with Gasteiger partial charge in [0, 0.05) is 35.0 Å². The Morgan fingerprint density at radius 1 is 0.658 bits per heavy atom. The lowest BCUT2D eigenvalue weighted by Gasteiger charge is -2.26. The van der Waals surface area contributed by atoms with Gasteiger partial charge in [-0.1, -0.05) is 35.5 Å². The molecule has 2 aromatic heterocycles. The highest BCUT2D eigenvalue weighted by atomic mass is 35.5. The van der Waals surface area contributed by atoms with Crippen LogP contribution in [-0.4, -0.2) is 113 Å². The maximum atomic E-state index is 14.1. The summed E-state index contributed by atoms with van der Waals surface area (Å²) >= 11 is 7.19. The van der Waals surface area contributed by atoms with Crippen LogP contribution in [0.4, 0.5) is 25.0 Å². The SMILES string of the molecule is CC(C)(C)OC(=O)NCCC(NC(=O)OC(C)(C)C)C(=O)O[C@H](COC(=O)[C@H](CCNC(=O)OC(C)(C)C)NC(=O)OC(C)(C)C)COc1ccc(-c2c(C#N)c(N)nc(SCc3coc(-c4ccc(Cl)cc4)n3)c2C#N)cc1. The van der Waals surface area contributed by atoms with Gasteiger partial charge in [0.15, 0.2) is 6.10 Å². The maximum absolute atomic E-state index is 14.1. The number of amides is 4. The summed E-state index contributed by atoms with van der Waals surface area (Å²) in [6, 6.07) is 14.4. The molecule has 0 spiro atoms. The van der Waals surface area contributed by atoms with E-state index in [1.54, 1.807) is 119 Å². The minimum atomic E-state index is -1.45. The maximum Gasteiger partial charge on any atom is 0.408 e. The van der Waals surface area contributed by atoms with E-state index in [0.29, 0.717) is 27.7 Å². The fraction of sp³-hybridized carbons (Fsp3) is 0.481. The Morgan fingerprint density at radius 3 is 1.63 bits per heavy atom. The predicted octanol–water partition coefficient (Wildman–Crippen LogP) is 9.12. The largest absolute Gasteiger partial charge is 0.490 e. The number of oxazole rings is 1. The average Bonchev–Trinajstić information content (AvgIpc) is 3.80. The average molecular weight is 1130 g/mol. The Balaban J connectivity index is 1.62. The molecule has 2 aromatic carbocycles. The molecule has 0 saturated heterocycles. The summed E-state index contributed by atoms with van der Waals surface area (Å²) in [6.45, 7) is 18.2. The summed E-state index contributed by atoms with van der Waals surface area (Å²) in [6.07, 6.45) is -3.89. The summed E-state index contributed by atoms with van der Waals surface area (Å²) in [5, 5.41) is 31.4. The van der Waals surface area contributed by atoms with E-state index in [2.05, 4.69) is 37.3 Å². The predicted molar refractivity (Wildman–Crippen MR) is 290 cm³/mol. The van der Waals surface area contributed by atoms with Gasteiger partial charge in [-0.2, -0.15) is 10.5 Å². The van der Waals surface area contributed by atoms with Crippen LogP contribution in [0.25, 0.3) is 22.6 Å². The molecule has 6 N–H and O–H groups in total. The quantitative estimate of drug-likeness (QED) is 0.0295. The first-order valence-electron chi connectivity index (χ1n) is 24.8. The van der Waals surface area contributed by atoms with Crippen LogP contribution in [0.2, 0.25) is 5.02 Å². The Kier molecular flexibility index (Phi) is 22.6. The molecule has 4 aromatic rings. The van der Waals surface area contributed by atoms with Crippen molar-refractivity contribution in [3.05, 3.63) is 76.6 Å². The van der Waals surface area contributed by atoms with Gasteiger partial charge >= 0.3 is 36.3 Å². The standard InChI is InChI=1S/C54H68ClN9O14S/c1-51(2,3)75-47(67)59-23-21-39(62-49(69)77-53(7,8)9)45(65)73-29-36(74-46(66)40(63-50(70)78-54(10,11)12)22-24-60-48(68)76-52(4,5)6)28-71-35-19-15-31(16-20-35)41-37(25-56)42(58)64-44(38(41)26-57)79-30-34-27-72-43(61-34)32-13-17-33(55)18-14-32/h13-20,27,36,39-40H,21-24,28-30H2,1-12H3,(H2,58,64)(H,59,67)(H,60,68)(H,62,69)(H,63,70)/t36-,39-,40?/m0/s1. The molecule has 0 saturated carbocycles. The van der Waals surface area contributed by atoms with Crippen LogP contribution in [0.5, 0.6) is 5.75 Å². The van der Waals surface area contributed by atoms with Crippen molar-refractivity contribution < 1.29 is 66.3 Å². The van der Waals surface area contributed by atoms with Crippen molar-refractivity contribution in [1.29, 1.82) is 10.5 Å². The normalized spacial score (nSPS) is 12.7. The molecule has 79 heavy (non-hydrogen) atoms. The summed E-state index contributed by atoms with van der Waals surface area (Å²) in [5.74, 6) is -1.43. The number of hydrogen-bond donors (Lipinski definition) is 5. The molecule has 23 nitrogen and oxygen atoms in total. The van der Waals surface area contributed by atoms with E-state index in [4.69, 9.17) is 54.9 Å². The van der Waals surface area contributed by atoms with Crippen LogP contribution in [0.1, 0.15) is 113 Å². The molecule has 3 atom stereocenters. The number of carbonyl (C=O) groups is 6. The molecule has 0 bridgehead atoms. The first-order valence-corrected chi connectivity index (χ1v) is 26.2. The number of aromatic nitrogens is 2. The number of alkyl carbamates (subject to hydrolysis) is 4. The molecular formula is C54H68ClN9O14S. The van der Waals surface area contributed by atoms with Crippen LogP contribution in [-0.2, 0) is 43.8 Å². The van der Waals surface area contributed by atoms with Gasteiger partial charge in [-0.15, -0.1) is 0 Å². The molecule has 4 rings (SSSR count). The lowest BCUT2D eigenvalue weighted by atomic mass is 9.97. The van der Waals surface area contributed by atoms with Gasteiger partial charge < -0.3 is 64.6 Å². The third-order valence-corrected chi connectivity index (χ3v) is 11.1. The monoisotopic (exact) mass is 1130 g/mol. The number of pyridine rings is 1. The lowest BCUT2D eigenvalue weighted by Crippen LogP contribution is -2.48. The van der Waals surface area contributed by atoms with Crippen LogP contribution < -0.4 is 31.7 Å². The molecule has 0 aliphatic heterocycles. The molecule has 4 amide bonds. The number of carbonyl (C=O) groups excluding carboxylic acids is 6. The van der Waals surface area contributed by atoms with Gasteiger partial charge in [0.25, 0.3) is 0 Å². The van der Waals surface area contributed by atoms with Gasteiger partial charge in [-0.25, -0.2) is 38.7 Å². The number of esters is 2. The highest BCUT2D eigenvalue weighted by Gasteiger charge is 2.32. The van der Waals surface area contributed by atoms with Crippen LogP contribution in [0, 0.1) is 22.7 Å². The summed E-state index contributed by atoms with van der Waals surface area (Å²) < 4.78 is 44.6.